The van der Waals surface area contributed by atoms with Crippen molar-refractivity contribution in [3.63, 3.8) is 0 Å². The molecule has 2 heterocycles. The fourth-order valence-corrected chi connectivity index (χ4v) is 2.93. The Morgan fingerprint density at radius 3 is 2.96 bits per heavy atom. The lowest BCUT2D eigenvalue weighted by atomic mass is 9.96. The minimum Gasteiger partial charge on any atom is -0.352 e. The molecule has 0 bridgehead atoms. The van der Waals surface area contributed by atoms with Crippen LogP contribution in [0.25, 0.3) is 11.5 Å². The number of halogens is 1. The van der Waals surface area contributed by atoms with Gasteiger partial charge in [-0.15, -0.1) is 12.4 Å². The lowest BCUT2D eigenvalue weighted by molar-refractivity contribution is 0.0951. The number of amides is 1. The molecule has 1 atom stereocenters. The van der Waals surface area contributed by atoms with Crippen LogP contribution in [-0.2, 0) is 0 Å². The van der Waals surface area contributed by atoms with Crippen molar-refractivity contribution < 1.29 is 9.32 Å². The molecular formula is C17H23ClN4O2. The number of carbonyl (C=O) groups is 1. The first-order valence-electron chi connectivity index (χ1n) is 8.12. The van der Waals surface area contributed by atoms with E-state index in [0.29, 0.717) is 35.3 Å². The number of nitrogens with one attached hydrogen (secondary N) is 2. The van der Waals surface area contributed by atoms with Gasteiger partial charge in [-0.3, -0.25) is 4.79 Å². The Kier molecular flexibility index (Phi) is 6.75. The molecule has 2 N–H and O–H groups in total. The zero-order valence-electron chi connectivity index (χ0n) is 13.7. The molecule has 1 aromatic carbocycles. The molecule has 0 aliphatic carbocycles. The van der Waals surface area contributed by atoms with Crippen LogP contribution in [0.2, 0.25) is 0 Å². The van der Waals surface area contributed by atoms with Gasteiger partial charge in [0.2, 0.25) is 0 Å². The smallest absolute Gasteiger partial charge is 0.258 e. The Balaban J connectivity index is 0.00000208. The summed E-state index contributed by atoms with van der Waals surface area (Å²) in [7, 11) is 0. The van der Waals surface area contributed by atoms with E-state index in [-0.39, 0.29) is 18.3 Å². The van der Waals surface area contributed by atoms with Crippen molar-refractivity contribution in [2.75, 3.05) is 19.6 Å². The van der Waals surface area contributed by atoms with Gasteiger partial charge < -0.3 is 15.2 Å². The quantitative estimate of drug-likeness (QED) is 0.866. The van der Waals surface area contributed by atoms with Gasteiger partial charge in [0.15, 0.2) is 5.82 Å². The highest BCUT2D eigenvalue weighted by molar-refractivity contribution is 5.99. The van der Waals surface area contributed by atoms with Gasteiger partial charge in [-0.05, 0) is 57.3 Å². The van der Waals surface area contributed by atoms with Gasteiger partial charge in [0.1, 0.15) is 0 Å². The van der Waals surface area contributed by atoms with Gasteiger partial charge in [-0.25, -0.2) is 0 Å². The van der Waals surface area contributed by atoms with E-state index in [2.05, 4.69) is 20.8 Å². The summed E-state index contributed by atoms with van der Waals surface area (Å²) in [5.41, 5.74) is 1.24. The summed E-state index contributed by atoms with van der Waals surface area (Å²) in [4.78, 5) is 16.7. The summed E-state index contributed by atoms with van der Waals surface area (Å²) < 4.78 is 5.19. The topological polar surface area (TPSA) is 80.0 Å². The molecule has 1 unspecified atom stereocenters. The van der Waals surface area contributed by atoms with E-state index in [9.17, 15) is 4.79 Å². The zero-order valence-corrected chi connectivity index (χ0v) is 14.6. The van der Waals surface area contributed by atoms with Gasteiger partial charge >= 0.3 is 0 Å². The molecule has 3 rings (SSSR count). The lowest BCUT2D eigenvalue weighted by Crippen LogP contribution is -2.33. The van der Waals surface area contributed by atoms with Gasteiger partial charge in [-0.1, -0.05) is 17.3 Å². The van der Waals surface area contributed by atoms with Crippen LogP contribution in [0.4, 0.5) is 0 Å². The monoisotopic (exact) mass is 350 g/mol. The average molecular weight is 351 g/mol. The predicted octanol–water partition coefficient (Wildman–Crippen LogP) is 2.59. The van der Waals surface area contributed by atoms with Crippen molar-refractivity contribution in [2.24, 2.45) is 5.92 Å². The van der Waals surface area contributed by atoms with Crippen LogP contribution >= 0.6 is 12.4 Å². The molecule has 1 aliphatic heterocycles. The Bertz CT molecular complexity index is 668. The van der Waals surface area contributed by atoms with E-state index in [1.807, 2.05) is 18.2 Å². The zero-order chi connectivity index (χ0) is 16.1. The van der Waals surface area contributed by atoms with Crippen molar-refractivity contribution in [3.8, 4) is 11.5 Å². The molecule has 130 valence electrons. The Morgan fingerprint density at radius 2 is 2.25 bits per heavy atom. The summed E-state index contributed by atoms with van der Waals surface area (Å²) in [6.07, 6.45) is 3.46. The summed E-state index contributed by atoms with van der Waals surface area (Å²) >= 11 is 0. The van der Waals surface area contributed by atoms with Crippen LogP contribution in [-0.4, -0.2) is 35.7 Å². The second-order valence-electron chi connectivity index (χ2n) is 5.95. The number of aryl methyl sites for hydroxylation is 1. The summed E-state index contributed by atoms with van der Waals surface area (Å²) in [5.74, 6) is 1.49. The van der Waals surface area contributed by atoms with E-state index in [4.69, 9.17) is 4.52 Å². The van der Waals surface area contributed by atoms with Crippen LogP contribution in [0, 0.1) is 12.8 Å². The molecule has 1 amide bonds. The summed E-state index contributed by atoms with van der Waals surface area (Å²) in [6, 6.07) is 7.31. The maximum Gasteiger partial charge on any atom is 0.258 e. The largest absolute Gasteiger partial charge is 0.352 e. The molecule has 1 saturated heterocycles. The summed E-state index contributed by atoms with van der Waals surface area (Å²) in [6.45, 7) is 4.60. The van der Waals surface area contributed by atoms with E-state index in [0.717, 1.165) is 19.5 Å². The standard InChI is InChI=1S/C17H22N4O2.ClH/c1-12-20-17(23-21-12)15-7-3-2-6-14(15)16(22)19-10-8-13-5-4-9-18-11-13;/h2-3,6-7,13,18H,4-5,8-11H2,1H3,(H,19,22);1H. The molecule has 1 aliphatic rings. The molecule has 1 fully saturated rings. The third-order valence-corrected chi connectivity index (χ3v) is 4.17. The highest BCUT2D eigenvalue weighted by atomic mass is 35.5. The highest BCUT2D eigenvalue weighted by Gasteiger charge is 2.17. The fraction of sp³-hybridized carbons (Fsp3) is 0.471. The van der Waals surface area contributed by atoms with Crippen LogP contribution in [0.1, 0.15) is 35.4 Å². The SMILES string of the molecule is Cc1noc(-c2ccccc2C(=O)NCCC2CCCNC2)n1.Cl. The van der Waals surface area contributed by atoms with Crippen molar-refractivity contribution in [1.82, 2.24) is 20.8 Å². The molecule has 1 aromatic heterocycles. The second-order valence-corrected chi connectivity index (χ2v) is 5.95. The Morgan fingerprint density at radius 1 is 1.42 bits per heavy atom. The van der Waals surface area contributed by atoms with E-state index in [1.165, 1.54) is 12.8 Å². The molecule has 2 aromatic rings. The first kappa shape index (κ1) is 18.4. The molecule has 6 nitrogen and oxygen atoms in total. The number of aromatic nitrogens is 2. The van der Waals surface area contributed by atoms with Crippen molar-refractivity contribution in [2.45, 2.75) is 26.2 Å². The van der Waals surface area contributed by atoms with Crippen LogP contribution in [0.15, 0.2) is 28.8 Å². The molecule has 0 spiro atoms. The number of benzene rings is 1. The maximum atomic E-state index is 12.5. The van der Waals surface area contributed by atoms with Crippen molar-refractivity contribution in [1.29, 1.82) is 0 Å². The van der Waals surface area contributed by atoms with Gasteiger partial charge in [-0.2, -0.15) is 4.98 Å². The molecule has 7 heteroatoms. The molecule has 24 heavy (non-hydrogen) atoms. The normalized spacial score (nSPS) is 17.1. The fourth-order valence-electron chi connectivity index (χ4n) is 2.93. The minimum atomic E-state index is -0.0970. The molecule has 0 saturated carbocycles. The lowest BCUT2D eigenvalue weighted by Gasteiger charge is -2.22. The number of carbonyl (C=O) groups excluding carboxylic acids is 1. The van der Waals surface area contributed by atoms with Gasteiger partial charge in [0.25, 0.3) is 11.8 Å². The third kappa shape index (κ3) is 4.55. The first-order valence-corrected chi connectivity index (χ1v) is 8.12. The minimum absolute atomic E-state index is 0. The van der Waals surface area contributed by atoms with E-state index in [1.54, 1.807) is 13.0 Å². The maximum absolute atomic E-state index is 12.5. The number of rotatable bonds is 5. The Hall–Kier alpha value is -1.92. The third-order valence-electron chi connectivity index (χ3n) is 4.17. The number of nitrogens with zero attached hydrogens (tertiary/aromatic N) is 2. The highest BCUT2D eigenvalue weighted by Crippen LogP contribution is 2.22. The van der Waals surface area contributed by atoms with Crippen LogP contribution < -0.4 is 10.6 Å². The van der Waals surface area contributed by atoms with Crippen LogP contribution in [0.5, 0.6) is 0 Å². The Labute approximate surface area is 147 Å². The van der Waals surface area contributed by atoms with E-state index >= 15 is 0 Å². The molecule has 0 radical (unpaired) electrons. The van der Waals surface area contributed by atoms with Gasteiger partial charge in [0.05, 0.1) is 11.1 Å². The van der Waals surface area contributed by atoms with Crippen molar-refractivity contribution >= 4 is 18.3 Å². The first-order chi connectivity index (χ1) is 11.2. The predicted molar refractivity (Wildman–Crippen MR) is 94.3 cm³/mol. The number of piperidine rings is 1. The van der Waals surface area contributed by atoms with Gasteiger partial charge in [0, 0.05) is 6.54 Å². The van der Waals surface area contributed by atoms with Crippen molar-refractivity contribution in [3.05, 3.63) is 35.7 Å². The van der Waals surface area contributed by atoms with E-state index < -0.39 is 0 Å². The second kappa shape index (κ2) is 8.80. The number of hydrogen-bond donors (Lipinski definition) is 2. The number of hydrogen-bond acceptors (Lipinski definition) is 5. The van der Waals surface area contributed by atoms with Crippen LogP contribution in [0.3, 0.4) is 0 Å². The average Bonchev–Trinajstić information content (AvgIpc) is 3.02. The molecular weight excluding hydrogens is 328 g/mol. The summed E-state index contributed by atoms with van der Waals surface area (Å²) in [5, 5.41) is 10.2.